The van der Waals surface area contributed by atoms with E-state index in [1.165, 1.54) is 11.3 Å². The third-order valence-corrected chi connectivity index (χ3v) is 4.46. The molecule has 7 nitrogen and oxygen atoms in total. The fraction of sp³-hybridized carbons (Fsp3) is 0.357. The summed E-state index contributed by atoms with van der Waals surface area (Å²) in [6, 6.07) is 3.37. The molecule has 2 aromatic heterocycles. The Balaban J connectivity index is 1.84. The Labute approximate surface area is 131 Å². The summed E-state index contributed by atoms with van der Waals surface area (Å²) in [6.07, 6.45) is 3.54. The summed E-state index contributed by atoms with van der Waals surface area (Å²) in [5, 5.41) is 11.7. The van der Waals surface area contributed by atoms with Crippen LogP contribution in [0, 0.1) is 12.8 Å². The van der Waals surface area contributed by atoms with Crippen LogP contribution in [0.2, 0.25) is 0 Å². The Hall–Kier alpha value is -2.35. The normalized spacial score (nSPS) is 21.2. The van der Waals surface area contributed by atoms with Crippen LogP contribution >= 0.6 is 11.3 Å². The SMILES string of the molecule is Cc1nnc(NC(=O)[C@H]2CC(=O)N(C)[C@@H]2c2cccnc2)s1. The number of carbonyl (C=O) groups excluding carboxylic acids is 2. The minimum atomic E-state index is -0.467. The van der Waals surface area contributed by atoms with Crippen LogP contribution in [0.3, 0.4) is 0 Å². The number of nitrogens with one attached hydrogen (secondary N) is 1. The van der Waals surface area contributed by atoms with Gasteiger partial charge < -0.3 is 10.2 Å². The van der Waals surface area contributed by atoms with Crippen molar-refractivity contribution in [2.75, 3.05) is 12.4 Å². The maximum Gasteiger partial charge on any atom is 0.232 e. The molecule has 2 atom stereocenters. The van der Waals surface area contributed by atoms with E-state index in [2.05, 4.69) is 20.5 Å². The van der Waals surface area contributed by atoms with Gasteiger partial charge in [0.05, 0.1) is 12.0 Å². The summed E-state index contributed by atoms with van der Waals surface area (Å²) in [7, 11) is 1.71. The van der Waals surface area contributed by atoms with E-state index in [0.29, 0.717) is 5.13 Å². The highest BCUT2D eigenvalue weighted by atomic mass is 32.1. The fourth-order valence-corrected chi connectivity index (χ4v) is 3.25. The number of likely N-dealkylation sites (tertiary alicyclic amines) is 1. The van der Waals surface area contributed by atoms with Gasteiger partial charge in [0.15, 0.2) is 0 Å². The number of rotatable bonds is 3. The van der Waals surface area contributed by atoms with Crippen molar-refractivity contribution in [3.63, 3.8) is 0 Å². The zero-order chi connectivity index (χ0) is 15.7. The monoisotopic (exact) mass is 317 g/mol. The van der Waals surface area contributed by atoms with E-state index in [1.807, 2.05) is 13.0 Å². The molecule has 1 N–H and O–H groups in total. The Morgan fingerprint density at radius 2 is 2.27 bits per heavy atom. The van der Waals surface area contributed by atoms with Gasteiger partial charge in [-0.25, -0.2) is 0 Å². The van der Waals surface area contributed by atoms with Gasteiger partial charge in [-0.2, -0.15) is 0 Å². The van der Waals surface area contributed by atoms with Crippen LogP contribution in [0.15, 0.2) is 24.5 Å². The van der Waals surface area contributed by atoms with E-state index in [9.17, 15) is 9.59 Å². The molecule has 114 valence electrons. The quantitative estimate of drug-likeness (QED) is 0.924. The molecule has 0 spiro atoms. The van der Waals surface area contributed by atoms with Crippen LogP contribution in [0.4, 0.5) is 5.13 Å². The van der Waals surface area contributed by atoms with Gasteiger partial charge in [0.2, 0.25) is 16.9 Å². The molecule has 2 aromatic rings. The van der Waals surface area contributed by atoms with Crippen LogP contribution in [0.5, 0.6) is 0 Å². The second-order valence-electron chi connectivity index (χ2n) is 5.16. The highest BCUT2D eigenvalue weighted by molar-refractivity contribution is 7.15. The molecule has 1 fully saturated rings. The molecular formula is C14H15N5O2S. The summed E-state index contributed by atoms with van der Waals surface area (Å²) in [5.74, 6) is -0.740. The average molecular weight is 317 g/mol. The number of carbonyl (C=O) groups is 2. The Morgan fingerprint density at radius 3 is 2.91 bits per heavy atom. The minimum Gasteiger partial charge on any atom is -0.338 e. The predicted octanol–water partition coefficient (Wildman–Crippen LogP) is 1.40. The first-order chi connectivity index (χ1) is 10.6. The lowest BCUT2D eigenvalue weighted by Crippen LogP contribution is -2.30. The smallest absolute Gasteiger partial charge is 0.232 e. The topological polar surface area (TPSA) is 88.1 Å². The van der Waals surface area contributed by atoms with Crippen molar-refractivity contribution in [3.8, 4) is 0 Å². The van der Waals surface area contributed by atoms with Gasteiger partial charge >= 0.3 is 0 Å². The summed E-state index contributed by atoms with van der Waals surface area (Å²) in [6.45, 7) is 1.82. The van der Waals surface area contributed by atoms with Crippen LogP contribution in [-0.4, -0.2) is 38.9 Å². The lowest BCUT2D eigenvalue weighted by atomic mass is 9.94. The maximum atomic E-state index is 12.5. The van der Waals surface area contributed by atoms with Crippen LogP contribution < -0.4 is 5.32 Å². The molecule has 3 heterocycles. The van der Waals surface area contributed by atoms with Gasteiger partial charge in [-0.1, -0.05) is 17.4 Å². The van der Waals surface area contributed by atoms with Gasteiger partial charge in [-0.15, -0.1) is 10.2 Å². The van der Waals surface area contributed by atoms with Gasteiger partial charge in [-0.05, 0) is 18.6 Å². The van der Waals surface area contributed by atoms with E-state index in [-0.39, 0.29) is 24.3 Å². The van der Waals surface area contributed by atoms with Crippen LogP contribution in [0.25, 0.3) is 0 Å². The van der Waals surface area contributed by atoms with Crippen molar-refractivity contribution < 1.29 is 9.59 Å². The zero-order valence-electron chi connectivity index (χ0n) is 12.2. The summed E-state index contributed by atoms with van der Waals surface area (Å²) >= 11 is 1.31. The zero-order valence-corrected chi connectivity index (χ0v) is 13.0. The highest BCUT2D eigenvalue weighted by Gasteiger charge is 2.43. The maximum absolute atomic E-state index is 12.5. The number of anilines is 1. The number of hydrogen-bond acceptors (Lipinski definition) is 6. The molecular weight excluding hydrogens is 302 g/mol. The molecule has 2 amide bonds. The number of nitrogens with zero attached hydrogens (tertiary/aromatic N) is 4. The van der Waals surface area contributed by atoms with Crippen molar-refractivity contribution in [3.05, 3.63) is 35.1 Å². The number of amides is 2. The Bertz CT molecular complexity index is 702. The second-order valence-corrected chi connectivity index (χ2v) is 6.34. The van der Waals surface area contributed by atoms with Crippen LogP contribution in [-0.2, 0) is 9.59 Å². The molecule has 0 radical (unpaired) electrons. The second kappa shape index (κ2) is 5.80. The summed E-state index contributed by atoms with van der Waals surface area (Å²) < 4.78 is 0. The largest absolute Gasteiger partial charge is 0.338 e. The molecule has 0 saturated carbocycles. The van der Waals surface area contributed by atoms with Gasteiger partial charge in [0.1, 0.15) is 5.01 Å². The first kappa shape index (κ1) is 14.6. The van der Waals surface area contributed by atoms with Crippen molar-refractivity contribution >= 4 is 28.3 Å². The Kier molecular flexibility index (Phi) is 3.84. The molecule has 1 saturated heterocycles. The third kappa shape index (κ3) is 2.69. The molecule has 8 heteroatoms. The molecule has 1 aliphatic heterocycles. The molecule has 22 heavy (non-hydrogen) atoms. The number of hydrogen-bond donors (Lipinski definition) is 1. The van der Waals surface area contributed by atoms with E-state index >= 15 is 0 Å². The molecule has 1 aliphatic rings. The number of aromatic nitrogens is 3. The lowest BCUT2D eigenvalue weighted by Gasteiger charge is -2.24. The molecule has 0 unspecified atom stereocenters. The van der Waals surface area contributed by atoms with Crippen molar-refractivity contribution in [1.29, 1.82) is 0 Å². The fourth-order valence-electron chi connectivity index (χ4n) is 2.66. The third-order valence-electron chi connectivity index (χ3n) is 3.71. The molecule has 3 rings (SSSR count). The predicted molar refractivity (Wildman–Crippen MR) is 81.1 cm³/mol. The number of pyridine rings is 1. The number of aryl methyl sites for hydroxylation is 1. The van der Waals surface area contributed by atoms with E-state index in [4.69, 9.17) is 0 Å². The van der Waals surface area contributed by atoms with E-state index in [0.717, 1.165) is 10.6 Å². The van der Waals surface area contributed by atoms with Crippen LogP contribution in [0.1, 0.15) is 23.0 Å². The van der Waals surface area contributed by atoms with E-state index in [1.54, 1.807) is 30.4 Å². The van der Waals surface area contributed by atoms with Gasteiger partial charge in [0.25, 0.3) is 0 Å². The first-order valence-corrected chi connectivity index (χ1v) is 7.64. The average Bonchev–Trinajstić information content (AvgIpc) is 3.04. The molecule has 0 aliphatic carbocycles. The van der Waals surface area contributed by atoms with E-state index < -0.39 is 5.92 Å². The van der Waals surface area contributed by atoms with Gasteiger partial charge in [0, 0.05) is 25.9 Å². The molecule has 0 bridgehead atoms. The lowest BCUT2D eigenvalue weighted by molar-refractivity contribution is -0.127. The highest BCUT2D eigenvalue weighted by Crippen LogP contribution is 2.37. The summed E-state index contributed by atoms with van der Waals surface area (Å²) in [4.78, 5) is 30.2. The van der Waals surface area contributed by atoms with Gasteiger partial charge in [-0.3, -0.25) is 14.6 Å². The minimum absolute atomic E-state index is 0.0533. The van der Waals surface area contributed by atoms with Crippen molar-refractivity contribution in [1.82, 2.24) is 20.1 Å². The standard InChI is InChI=1S/C14H15N5O2S/c1-8-17-18-14(22-8)16-13(21)10-6-11(20)19(2)12(10)9-4-3-5-15-7-9/h3-5,7,10,12H,6H2,1-2H3,(H,16,18,21)/t10-,12+/m0/s1. The molecule has 0 aromatic carbocycles. The Morgan fingerprint density at radius 1 is 1.45 bits per heavy atom. The van der Waals surface area contributed by atoms with Crippen molar-refractivity contribution in [2.45, 2.75) is 19.4 Å². The summed E-state index contributed by atoms with van der Waals surface area (Å²) in [5.41, 5.74) is 0.851. The van der Waals surface area contributed by atoms with Crippen molar-refractivity contribution in [2.24, 2.45) is 5.92 Å². The first-order valence-electron chi connectivity index (χ1n) is 6.83.